The fourth-order valence-electron chi connectivity index (χ4n) is 2.51. The van der Waals surface area contributed by atoms with Crippen molar-refractivity contribution in [1.29, 1.82) is 0 Å². The highest BCUT2D eigenvalue weighted by molar-refractivity contribution is 7.80. The summed E-state index contributed by atoms with van der Waals surface area (Å²) >= 11 is 11.6. The maximum atomic E-state index is 13.8. The largest absolute Gasteiger partial charge is 0.332 e. The molecule has 2 aromatic carbocycles. The number of rotatable bonds is 4. The van der Waals surface area contributed by atoms with E-state index in [0.29, 0.717) is 21.5 Å². The highest BCUT2D eigenvalue weighted by Crippen LogP contribution is 2.22. The summed E-state index contributed by atoms with van der Waals surface area (Å²) in [5.41, 5.74) is 3.75. The lowest BCUT2D eigenvalue weighted by Gasteiger charge is -2.12. The van der Waals surface area contributed by atoms with E-state index in [9.17, 15) is 4.39 Å². The van der Waals surface area contributed by atoms with Crippen molar-refractivity contribution in [2.45, 2.75) is 20.4 Å². The normalized spacial score (nSPS) is 10.6. The molecule has 0 aliphatic heterocycles. The first-order chi connectivity index (χ1) is 12.4. The van der Waals surface area contributed by atoms with Gasteiger partial charge in [0.25, 0.3) is 0 Å². The molecule has 3 rings (SSSR count). The van der Waals surface area contributed by atoms with Gasteiger partial charge in [0.15, 0.2) is 10.9 Å². The molecule has 3 aromatic rings. The molecule has 2 N–H and O–H groups in total. The van der Waals surface area contributed by atoms with Crippen molar-refractivity contribution in [2.75, 3.05) is 10.6 Å². The van der Waals surface area contributed by atoms with E-state index in [-0.39, 0.29) is 12.4 Å². The minimum absolute atomic E-state index is 0.277. The Kier molecular flexibility index (Phi) is 5.54. The van der Waals surface area contributed by atoms with Crippen molar-refractivity contribution in [2.24, 2.45) is 0 Å². The molecule has 26 heavy (non-hydrogen) atoms. The van der Waals surface area contributed by atoms with Gasteiger partial charge >= 0.3 is 0 Å². The number of hydrogen-bond acceptors (Lipinski definition) is 2. The molecule has 134 valence electrons. The smallest absolute Gasteiger partial charge is 0.176 e. The van der Waals surface area contributed by atoms with Crippen molar-refractivity contribution in [1.82, 2.24) is 9.78 Å². The van der Waals surface area contributed by atoms with E-state index in [1.165, 1.54) is 11.6 Å². The zero-order valence-electron chi connectivity index (χ0n) is 14.4. The summed E-state index contributed by atoms with van der Waals surface area (Å²) in [5, 5.41) is 11.3. The van der Waals surface area contributed by atoms with Crippen molar-refractivity contribution in [3.05, 3.63) is 76.2 Å². The molecule has 0 aliphatic carbocycles. The van der Waals surface area contributed by atoms with Gasteiger partial charge < -0.3 is 10.6 Å². The number of nitrogens with one attached hydrogen (secondary N) is 2. The Bertz CT molecular complexity index is 954. The first kappa shape index (κ1) is 18.4. The van der Waals surface area contributed by atoms with Gasteiger partial charge in [0.05, 0.1) is 6.54 Å². The summed E-state index contributed by atoms with van der Waals surface area (Å²) in [7, 11) is 0. The molecule has 0 radical (unpaired) electrons. The Balaban J connectivity index is 1.70. The van der Waals surface area contributed by atoms with Crippen LogP contribution in [0.25, 0.3) is 0 Å². The Morgan fingerprint density at radius 2 is 1.92 bits per heavy atom. The Hall–Kier alpha value is -2.44. The maximum absolute atomic E-state index is 13.8. The van der Waals surface area contributed by atoms with Crippen molar-refractivity contribution < 1.29 is 4.39 Å². The molecule has 1 heterocycles. The zero-order chi connectivity index (χ0) is 18.7. The van der Waals surface area contributed by atoms with Gasteiger partial charge in [-0.3, -0.25) is 4.68 Å². The van der Waals surface area contributed by atoms with Crippen LogP contribution in [0.5, 0.6) is 0 Å². The van der Waals surface area contributed by atoms with Gasteiger partial charge in [-0.25, -0.2) is 4.39 Å². The highest BCUT2D eigenvalue weighted by atomic mass is 35.5. The number of benzene rings is 2. The molecule has 0 amide bonds. The van der Waals surface area contributed by atoms with E-state index in [0.717, 1.165) is 11.3 Å². The topological polar surface area (TPSA) is 41.9 Å². The lowest BCUT2D eigenvalue weighted by molar-refractivity contribution is 0.586. The van der Waals surface area contributed by atoms with Crippen molar-refractivity contribution in [3.63, 3.8) is 0 Å². The Morgan fingerprint density at radius 1 is 1.15 bits per heavy atom. The second-order valence-electron chi connectivity index (χ2n) is 5.94. The lowest BCUT2D eigenvalue weighted by atomic mass is 10.1. The van der Waals surface area contributed by atoms with Crippen LogP contribution in [0.2, 0.25) is 5.02 Å². The summed E-state index contributed by atoms with van der Waals surface area (Å²) in [6.07, 6.45) is 1.64. The van der Waals surface area contributed by atoms with Gasteiger partial charge in [-0.2, -0.15) is 5.10 Å². The zero-order valence-corrected chi connectivity index (χ0v) is 16.0. The van der Waals surface area contributed by atoms with Crippen LogP contribution in [-0.4, -0.2) is 14.9 Å². The van der Waals surface area contributed by atoms with Crippen molar-refractivity contribution >= 4 is 40.4 Å². The second-order valence-corrected chi connectivity index (χ2v) is 6.76. The molecule has 0 unspecified atom stereocenters. The third-order valence-electron chi connectivity index (χ3n) is 4.09. The van der Waals surface area contributed by atoms with Crippen LogP contribution in [0.4, 0.5) is 15.9 Å². The number of hydrogen-bond donors (Lipinski definition) is 2. The third kappa shape index (κ3) is 4.20. The maximum Gasteiger partial charge on any atom is 0.176 e. The molecule has 0 fully saturated rings. The quantitative estimate of drug-likeness (QED) is 0.606. The molecule has 0 saturated heterocycles. The van der Waals surface area contributed by atoms with Gasteiger partial charge in [0.1, 0.15) is 10.8 Å². The van der Waals surface area contributed by atoms with E-state index in [1.807, 2.05) is 32.0 Å². The predicted octanol–water partition coefficient (Wildman–Crippen LogP) is 5.15. The molecule has 0 spiro atoms. The molecular formula is C19H18ClFN4S. The Labute approximate surface area is 162 Å². The number of halogens is 2. The van der Waals surface area contributed by atoms with E-state index in [2.05, 4.69) is 15.7 Å². The number of aryl methyl sites for hydroxylation is 1. The average molecular weight is 389 g/mol. The number of nitrogens with zero attached hydrogens (tertiary/aromatic N) is 2. The highest BCUT2D eigenvalue weighted by Gasteiger charge is 2.11. The van der Waals surface area contributed by atoms with Gasteiger partial charge in [-0.05, 0) is 49.3 Å². The van der Waals surface area contributed by atoms with E-state index in [4.69, 9.17) is 23.8 Å². The van der Waals surface area contributed by atoms with Crippen LogP contribution in [0.1, 0.15) is 16.7 Å². The summed E-state index contributed by atoms with van der Waals surface area (Å²) in [4.78, 5) is 0. The standard InChI is InChI=1S/C19H18ClFN4S/c1-12-6-5-9-17(13(12)2)22-19(26)23-18-15(20)11-25(24-18)10-14-7-3-4-8-16(14)21/h3-9,11H,10H2,1-2H3,(H2,22,23,24,26). The van der Waals surface area contributed by atoms with Crippen LogP contribution in [-0.2, 0) is 6.54 Å². The minimum Gasteiger partial charge on any atom is -0.332 e. The molecule has 1 aromatic heterocycles. The summed E-state index contributed by atoms with van der Waals surface area (Å²) < 4.78 is 15.4. The monoisotopic (exact) mass is 388 g/mol. The molecule has 0 bridgehead atoms. The number of anilines is 2. The fraction of sp³-hybridized carbons (Fsp3) is 0.158. The molecule has 0 atom stereocenters. The second kappa shape index (κ2) is 7.85. The predicted molar refractivity (Wildman–Crippen MR) is 108 cm³/mol. The van der Waals surface area contributed by atoms with Crippen LogP contribution in [0.15, 0.2) is 48.7 Å². The fourth-order valence-corrected chi connectivity index (χ4v) is 2.92. The number of aromatic nitrogens is 2. The van der Waals surface area contributed by atoms with Crippen molar-refractivity contribution in [3.8, 4) is 0 Å². The average Bonchev–Trinajstić information content (AvgIpc) is 2.93. The van der Waals surface area contributed by atoms with Crippen LogP contribution >= 0.6 is 23.8 Å². The SMILES string of the molecule is Cc1cccc(NC(=S)Nc2nn(Cc3ccccc3F)cc2Cl)c1C. The number of thiocarbonyl (C=S) groups is 1. The summed E-state index contributed by atoms with van der Waals surface area (Å²) in [6, 6.07) is 12.5. The van der Waals surface area contributed by atoms with Gasteiger partial charge in [0, 0.05) is 17.4 Å². The van der Waals surface area contributed by atoms with E-state index < -0.39 is 0 Å². The van der Waals surface area contributed by atoms with Crippen LogP contribution in [0, 0.1) is 19.7 Å². The van der Waals surface area contributed by atoms with E-state index in [1.54, 1.807) is 29.1 Å². The molecular weight excluding hydrogens is 371 g/mol. The minimum atomic E-state index is -0.277. The first-order valence-electron chi connectivity index (χ1n) is 8.04. The summed E-state index contributed by atoms with van der Waals surface area (Å²) in [6.45, 7) is 4.35. The molecule has 0 saturated carbocycles. The molecule has 4 nitrogen and oxygen atoms in total. The first-order valence-corrected chi connectivity index (χ1v) is 8.83. The third-order valence-corrected chi connectivity index (χ3v) is 4.57. The van der Waals surface area contributed by atoms with E-state index >= 15 is 0 Å². The summed E-state index contributed by atoms with van der Waals surface area (Å²) in [5.74, 6) is 0.145. The van der Waals surface area contributed by atoms with Crippen LogP contribution in [0.3, 0.4) is 0 Å². The lowest BCUT2D eigenvalue weighted by Crippen LogP contribution is -2.20. The van der Waals surface area contributed by atoms with Gasteiger partial charge in [-0.15, -0.1) is 0 Å². The molecule has 7 heteroatoms. The molecule has 0 aliphatic rings. The van der Waals surface area contributed by atoms with Crippen LogP contribution < -0.4 is 10.6 Å². The Morgan fingerprint density at radius 3 is 2.69 bits per heavy atom. The van der Waals surface area contributed by atoms with Gasteiger partial charge in [0.2, 0.25) is 0 Å². The van der Waals surface area contributed by atoms with Gasteiger partial charge in [-0.1, -0.05) is 41.9 Å².